The van der Waals surface area contributed by atoms with Gasteiger partial charge in [-0.3, -0.25) is 14.6 Å². The lowest BCUT2D eigenvalue weighted by atomic mass is 10.0. The molecule has 0 aromatic heterocycles. The fourth-order valence-electron chi connectivity index (χ4n) is 2.95. The largest absolute Gasteiger partial charge is 0.480 e. The summed E-state index contributed by atoms with van der Waals surface area (Å²) in [6.45, 7) is 10.1. The summed E-state index contributed by atoms with van der Waals surface area (Å²) >= 11 is 0. The highest BCUT2D eigenvalue weighted by atomic mass is 16.4. The second-order valence-electron chi connectivity index (χ2n) is 6.92. The number of rotatable bonds is 7. The average Bonchev–Trinajstić information content (AvgIpc) is 2.54. The van der Waals surface area contributed by atoms with E-state index < -0.39 is 11.5 Å². The van der Waals surface area contributed by atoms with E-state index in [1.807, 2.05) is 6.07 Å². The lowest BCUT2D eigenvalue weighted by Crippen LogP contribution is -2.58. The van der Waals surface area contributed by atoms with E-state index in [4.69, 9.17) is 0 Å². The predicted octanol–water partition coefficient (Wildman–Crippen LogP) is 1.60. The SMILES string of the molecule is CN(CCN1CCN(C(C)(C)C(=O)O)CC1)Cc1ccccc1. The van der Waals surface area contributed by atoms with E-state index in [0.717, 1.165) is 45.8 Å². The van der Waals surface area contributed by atoms with Crippen molar-refractivity contribution in [3.8, 4) is 0 Å². The van der Waals surface area contributed by atoms with Crippen molar-refractivity contribution in [1.82, 2.24) is 14.7 Å². The van der Waals surface area contributed by atoms with Crippen LogP contribution in [0.4, 0.5) is 0 Å². The number of carboxylic acids is 1. The molecule has 1 heterocycles. The van der Waals surface area contributed by atoms with Crippen molar-refractivity contribution in [3.63, 3.8) is 0 Å². The zero-order chi connectivity index (χ0) is 16.9. The van der Waals surface area contributed by atoms with Gasteiger partial charge in [-0.15, -0.1) is 0 Å². The van der Waals surface area contributed by atoms with Gasteiger partial charge < -0.3 is 10.0 Å². The summed E-state index contributed by atoms with van der Waals surface area (Å²) in [6, 6.07) is 10.5. The number of carboxylic acid groups (broad SMARTS) is 1. The maximum atomic E-state index is 11.3. The molecule has 0 spiro atoms. The van der Waals surface area contributed by atoms with Gasteiger partial charge in [0, 0.05) is 45.8 Å². The van der Waals surface area contributed by atoms with E-state index in [2.05, 4.69) is 46.0 Å². The molecule has 0 atom stereocenters. The average molecular weight is 319 g/mol. The van der Waals surface area contributed by atoms with Crippen LogP contribution >= 0.6 is 0 Å². The Morgan fingerprint density at radius 2 is 1.78 bits per heavy atom. The number of carbonyl (C=O) groups is 1. The number of hydrogen-bond donors (Lipinski definition) is 1. The van der Waals surface area contributed by atoms with Gasteiger partial charge in [-0.05, 0) is 26.5 Å². The zero-order valence-electron chi connectivity index (χ0n) is 14.5. The van der Waals surface area contributed by atoms with Gasteiger partial charge >= 0.3 is 5.97 Å². The Bertz CT molecular complexity index is 496. The van der Waals surface area contributed by atoms with Crippen LogP contribution in [0.15, 0.2) is 30.3 Å². The fraction of sp³-hybridized carbons (Fsp3) is 0.611. The highest BCUT2D eigenvalue weighted by Gasteiger charge is 2.36. The second kappa shape index (κ2) is 7.90. The Balaban J connectivity index is 1.71. The molecule has 0 unspecified atom stereocenters. The summed E-state index contributed by atoms with van der Waals surface area (Å²) in [6.07, 6.45) is 0. The number of hydrogen-bond acceptors (Lipinski definition) is 4. The molecule has 1 aromatic carbocycles. The first kappa shape index (κ1) is 17.9. The molecule has 0 saturated carbocycles. The van der Waals surface area contributed by atoms with E-state index >= 15 is 0 Å². The van der Waals surface area contributed by atoms with E-state index in [1.165, 1.54) is 5.56 Å². The van der Waals surface area contributed by atoms with Crippen LogP contribution < -0.4 is 0 Å². The quantitative estimate of drug-likeness (QED) is 0.827. The fourth-order valence-corrected chi connectivity index (χ4v) is 2.95. The molecule has 128 valence electrons. The van der Waals surface area contributed by atoms with Gasteiger partial charge in [-0.1, -0.05) is 30.3 Å². The van der Waals surface area contributed by atoms with Crippen molar-refractivity contribution >= 4 is 5.97 Å². The van der Waals surface area contributed by atoms with Crippen molar-refractivity contribution in [2.24, 2.45) is 0 Å². The van der Waals surface area contributed by atoms with Gasteiger partial charge in [0.25, 0.3) is 0 Å². The maximum absolute atomic E-state index is 11.3. The second-order valence-corrected chi connectivity index (χ2v) is 6.92. The molecule has 5 heteroatoms. The van der Waals surface area contributed by atoms with E-state index in [1.54, 1.807) is 13.8 Å². The van der Waals surface area contributed by atoms with Crippen LogP contribution in [0.5, 0.6) is 0 Å². The highest BCUT2D eigenvalue weighted by molar-refractivity contribution is 5.77. The van der Waals surface area contributed by atoms with E-state index in [9.17, 15) is 9.90 Å². The maximum Gasteiger partial charge on any atom is 0.323 e. The van der Waals surface area contributed by atoms with Crippen LogP contribution in [0.2, 0.25) is 0 Å². The summed E-state index contributed by atoms with van der Waals surface area (Å²) in [5.74, 6) is -0.742. The summed E-state index contributed by atoms with van der Waals surface area (Å²) in [5, 5.41) is 9.31. The molecule has 23 heavy (non-hydrogen) atoms. The van der Waals surface area contributed by atoms with Crippen molar-refractivity contribution in [1.29, 1.82) is 0 Å². The zero-order valence-corrected chi connectivity index (χ0v) is 14.5. The van der Waals surface area contributed by atoms with Crippen molar-refractivity contribution in [3.05, 3.63) is 35.9 Å². The standard InChI is InChI=1S/C18H29N3O2/c1-18(2,17(22)23)21-13-11-20(12-14-21)10-9-19(3)15-16-7-5-4-6-8-16/h4-8H,9-15H2,1-3H3,(H,22,23). The number of piperazine rings is 1. The number of likely N-dealkylation sites (N-methyl/N-ethyl adjacent to an activating group) is 1. The van der Waals surface area contributed by atoms with Crippen LogP contribution in [-0.2, 0) is 11.3 Å². The first-order chi connectivity index (χ1) is 10.9. The summed E-state index contributed by atoms with van der Waals surface area (Å²) in [5.41, 5.74) is 0.568. The molecule has 0 radical (unpaired) electrons. The Morgan fingerprint density at radius 3 is 2.35 bits per heavy atom. The highest BCUT2D eigenvalue weighted by Crippen LogP contribution is 2.17. The minimum atomic E-state index is -0.768. The molecule has 1 aromatic rings. The van der Waals surface area contributed by atoms with Gasteiger partial charge in [0.15, 0.2) is 0 Å². The molecule has 1 aliphatic heterocycles. The monoisotopic (exact) mass is 319 g/mol. The molecule has 1 aliphatic rings. The molecule has 5 nitrogen and oxygen atoms in total. The molecule has 2 rings (SSSR count). The van der Waals surface area contributed by atoms with Crippen LogP contribution in [0.3, 0.4) is 0 Å². The first-order valence-electron chi connectivity index (χ1n) is 8.33. The van der Waals surface area contributed by atoms with Crippen LogP contribution in [0.25, 0.3) is 0 Å². The van der Waals surface area contributed by atoms with Gasteiger partial charge in [-0.2, -0.15) is 0 Å². The third-order valence-corrected chi connectivity index (χ3v) is 4.78. The molecule has 1 N–H and O–H groups in total. The third-order valence-electron chi connectivity index (χ3n) is 4.78. The van der Waals surface area contributed by atoms with Crippen LogP contribution in [0, 0.1) is 0 Å². The van der Waals surface area contributed by atoms with Gasteiger partial charge in [-0.25, -0.2) is 0 Å². The van der Waals surface area contributed by atoms with Gasteiger partial charge in [0.1, 0.15) is 5.54 Å². The van der Waals surface area contributed by atoms with Crippen LogP contribution in [0.1, 0.15) is 19.4 Å². The van der Waals surface area contributed by atoms with E-state index in [0.29, 0.717) is 0 Å². The normalized spacial score (nSPS) is 17.6. The number of aliphatic carboxylic acids is 1. The number of nitrogens with zero attached hydrogens (tertiary/aromatic N) is 3. The Labute approximate surface area is 139 Å². The summed E-state index contributed by atoms with van der Waals surface area (Å²) in [7, 11) is 2.15. The molecule has 0 aliphatic carbocycles. The molecule has 1 fully saturated rings. The Morgan fingerprint density at radius 1 is 1.17 bits per heavy atom. The molecule has 0 bridgehead atoms. The van der Waals surface area contributed by atoms with Crippen LogP contribution in [-0.4, -0.2) is 77.6 Å². The lowest BCUT2D eigenvalue weighted by Gasteiger charge is -2.41. The minimum Gasteiger partial charge on any atom is -0.480 e. The number of benzene rings is 1. The smallest absolute Gasteiger partial charge is 0.323 e. The van der Waals surface area contributed by atoms with Crippen molar-refractivity contribution in [2.75, 3.05) is 46.3 Å². The predicted molar refractivity (Wildman–Crippen MR) is 92.5 cm³/mol. The Kier molecular flexibility index (Phi) is 6.16. The molecular weight excluding hydrogens is 290 g/mol. The summed E-state index contributed by atoms with van der Waals surface area (Å²) < 4.78 is 0. The molecule has 0 amide bonds. The third kappa shape index (κ3) is 5.03. The van der Waals surface area contributed by atoms with Crippen molar-refractivity contribution in [2.45, 2.75) is 25.9 Å². The minimum absolute atomic E-state index is 0.742. The first-order valence-corrected chi connectivity index (χ1v) is 8.33. The summed E-state index contributed by atoms with van der Waals surface area (Å²) in [4.78, 5) is 18.2. The van der Waals surface area contributed by atoms with Gasteiger partial charge in [0.05, 0.1) is 0 Å². The van der Waals surface area contributed by atoms with E-state index in [-0.39, 0.29) is 0 Å². The lowest BCUT2D eigenvalue weighted by molar-refractivity contribution is -0.150. The molecular formula is C18H29N3O2. The van der Waals surface area contributed by atoms with Crippen molar-refractivity contribution < 1.29 is 9.90 Å². The topological polar surface area (TPSA) is 47.0 Å². The Hall–Kier alpha value is -1.43. The molecule has 1 saturated heterocycles. The van der Waals surface area contributed by atoms with Gasteiger partial charge in [0.2, 0.25) is 0 Å².